The van der Waals surface area contributed by atoms with Crippen molar-refractivity contribution in [1.29, 1.82) is 0 Å². The van der Waals surface area contributed by atoms with Crippen LogP contribution in [0.5, 0.6) is 0 Å². The van der Waals surface area contributed by atoms with Crippen LogP contribution in [-0.4, -0.2) is 9.97 Å². The van der Waals surface area contributed by atoms with Gasteiger partial charge in [-0.25, -0.2) is 4.98 Å². The number of pyridine rings is 2. The monoisotopic (exact) mass is 256 g/mol. The zero-order chi connectivity index (χ0) is 12.5. The predicted octanol–water partition coefficient (Wildman–Crippen LogP) is 3.24. The summed E-state index contributed by atoms with van der Waals surface area (Å²) < 4.78 is 0. The second kappa shape index (κ2) is 4.27. The standard InChI is InChI=1S/C14H9ClN2O/c15-10-5-3-9(4-6-10)12-8-13(18)11-2-1-7-16-14(11)17-12/h1-8H,(H,16,17,18). The number of aromatic amines is 1. The molecule has 0 aliphatic heterocycles. The molecule has 2 aromatic heterocycles. The molecular formula is C14H9ClN2O. The Balaban J connectivity index is 2.24. The second-order valence-electron chi connectivity index (χ2n) is 3.95. The van der Waals surface area contributed by atoms with E-state index in [9.17, 15) is 4.79 Å². The van der Waals surface area contributed by atoms with E-state index in [1.54, 1.807) is 36.5 Å². The first kappa shape index (κ1) is 11.0. The Labute approximate surface area is 108 Å². The highest BCUT2D eigenvalue weighted by Crippen LogP contribution is 2.19. The minimum atomic E-state index is -0.0400. The van der Waals surface area contributed by atoms with Gasteiger partial charge in [-0.1, -0.05) is 23.7 Å². The van der Waals surface area contributed by atoms with Gasteiger partial charge >= 0.3 is 0 Å². The van der Waals surface area contributed by atoms with Crippen LogP contribution in [-0.2, 0) is 0 Å². The lowest BCUT2D eigenvalue weighted by atomic mass is 10.1. The van der Waals surface area contributed by atoms with E-state index in [2.05, 4.69) is 9.97 Å². The van der Waals surface area contributed by atoms with Gasteiger partial charge in [0.05, 0.1) is 11.1 Å². The van der Waals surface area contributed by atoms with Crippen molar-refractivity contribution in [3.8, 4) is 11.3 Å². The van der Waals surface area contributed by atoms with Crippen LogP contribution >= 0.6 is 11.6 Å². The summed E-state index contributed by atoms with van der Waals surface area (Å²) in [7, 11) is 0. The maximum atomic E-state index is 12.0. The summed E-state index contributed by atoms with van der Waals surface area (Å²) in [5.41, 5.74) is 2.20. The van der Waals surface area contributed by atoms with E-state index in [1.807, 2.05) is 12.1 Å². The summed E-state index contributed by atoms with van der Waals surface area (Å²) >= 11 is 5.84. The maximum absolute atomic E-state index is 12.0. The molecule has 0 aliphatic carbocycles. The molecule has 3 nitrogen and oxygen atoms in total. The number of hydrogen-bond donors (Lipinski definition) is 1. The van der Waals surface area contributed by atoms with Crippen molar-refractivity contribution >= 4 is 22.6 Å². The number of rotatable bonds is 1. The van der Waals surface area contributed by atoms with Crippen molar-refractivity contribution in [2.45, 2.75) is 0 Å². The normalized spacial score (nSPS) is 10.7. The topological polar surface area (TPSA) is 45.8 Å². The number of nitrogens with one attached hydrogen (secondary N) is 1. The zero-order valence-electron chi connectivity index (χ0n) is 9.35. The van der Waals surface area contributed by atoms with Gasteiger partial charge in [-0.2, -0.15) is 0 Å². The molecule has 1 aromatic carbocycles. The van der Waals surface area contributed by atoms with Crippen LogP contribution < -0.4 is 5.43 Å². The lowest BCUT2D eigenvalue weighted by molar-refractivity contribution is 1.28. The summed E-state index contributed by atoms with van der Waals surface area (Å²) in [4.78, 5) is 19.3. The van der Waals surface area contributed by atoms with E-state index in [0.717, 1.165) is 11.3 Å². The highest BCUT2D eigenvalue weighted by Gasteiger charge is 2.04. The lowest BCUT2D eigenvalue weighted by Gasteiger charge is -2.03. The minimum Gasteiger partial charge on any atom is -0.339 e. The summed E-state index contributed by atoms with van der Waals surface area (Å²) in [5.74, 6) is 0. The molecule has 1 N–H and O–H groups in total. The van der Waals surface area contributed by atoms with E-state index >= 15 is 0 Å². The van der Waals surface area contributed by atoms with E-state index in [-0.39, 0.29) is 5.43 Å². The van der Waals surface area contributed by atoms with Gasteiger partial charge in [0.25, 0.3) is 0 Å². The summed E-state index contributed by atoms with van der Waals surface area (Å²) in [6, 6.07) is 12.4. The van der Waals surface area contributed by atoms with Gasteiger partial charge in [-0.3, -0.25) is 4.79 Å². The van der Waals surface area contributed by atoms with Gasteiger partial charge in [0.1, 0.15) is 5.65 Å². The number of aromatic nitrogens is 2. The fourth-order valence-corrected chi connectivity index (χ4v) is 1.99. The molecule has 0 bridgehead atoms. The van der Waals surface area contributed by atoms with Crippen molar-refractivity contribution in [1.82, 2.24) is 9.97 Å². The van der Waals surface area contributed by atoms with E-state index in [1.165, 1.54) is 0 Å². The van der Waals surface area contributed by atoms with E-state index in [0.29, 0.717) is 16.1 Å². The first-order chi connectivity index (χ1) is 8.74. The highest BCUT2D eigenvalue weighted by molar-refractivity contribution is 6.30. The molecule has 0 spiro atoms. The van der Waals surface area contributed by atoms with Crippen LogP contribution in [0.15, 0.2) is 53.5 Å². The SMILES string of the molecule is O=c1cc(-c2ccc(Cl)cc2)[nH]c2ncccc12. The predicted molar refractivity (Wildman–Crippen MR) is 72.8 cm³/mol. The zero-order valence-corrected chi connectivity index (χ0v) is 10.1. The quantitative estimate of drug-likeness (QED) is 0.726. The molecule has 0 saturated heterocycles. The molecule has 3 rings (SSSR count). The molecule has 3 aromatic rings. The molecule has 0 fully saturated rings. The lowest BCUT2D eigenvalue weighted by Crippen LogP contribution is -2.03. The summed E-state index contributed by atoms with van der Waals surface area (Å²) in [6.07, 6.45) is 1.66. The Bertz CT molecular complexity index is 763. The Morgan fingerprint density at radius 3 is 2.67 bits per heavy atom. The van der Waals surface area contributed by atoms with Crippen molar-refractivity contribution in [3.05, 3.63) is 63.9 Å². The number of benzene rings is 1. The van der Waals surface area contributed by atoms with Crippen LogP contribution in [0.25, 0.3) is 22.3 Å². The van der Waals surface area contributed by atoms with Crippen molar-refractivity contribution in [2.24, 2.45) is 0 Å². The largest absolute Gasteiger partial charge is 0.339 e. The minimum absolute atomic E-state index is 0.0400. The molecule has 4 heteroatoms. The van der Waals surface area contributed by atoms with Gasteiger partial charge in [-0.05, 0) is 29.8 Å². The first-order valence-electron chi connectivity index (χ1n) is 5.48. The summed E-state index contributed by atoms with van der Waals surface area (Å²) in [5, 5.41) is 1.26. The van der Waals surface area contributed by atoms with Crippen molar-refractivity contribution in [3.63, 3.8) is 0 Å². The van der Waals surface area contributed by atoms with Gasteiger partial charge in [-0.15, -0.1) is 0 Å². The first-order valence-corrected chi connectivity index (χ1v) is 5.86. The average Bonchev–Trinajstić information content (AvgIpc) is 2.39. The van der Waals surface area contributed by atoms with Crippen LogP contribution in [0.2, 0.25) is 5.02 Å². The summed E-state index contributed by atoms with van der Waals surface area (Å²) in [6.45, 7) is 0. The van der Waals surface area contributed by atoms with Gasteiger partial charge in [0.2, 0.25) is 0 Å². The molecule has 2 heterocycles. The Hall–Kier alpha value is -2.13. The third-order valence-electron chi connectivity index (χ3n) is 2.76. The smallest absolute Gasteiger partial charge is 0.191 e. The molecule has 88 valence electrons. The number of H-pyrrole nitrogens is 1. The van der Waals surface area contributed by atoms with Crippen LogP contribution in [0, 0.1) is 0 Å². The number of halogens is 1. The third-order valence-corrected chi connectivity index (χ3v) is 3.01. The molecule has 0 atom stereocenters. The Kier molecular flexibility index (Phi) is 2.61. The molecule has 18 heavy (non-hydrogen) atoms. The molecular weight excluding hydrogens is 248 g/mol. The van der Waals surface area contributed by atoms with E-state index < -0.39 is 0 Å². The fourth-order valence-electron chi connectivity index (χ4n) is 1.86. The number of nitrogens with zero attached hydrogens (tertiary/aromatic N) is 1. The second-order valence-corrected chi connectivity index (χ2v) is 4.39. The maximum Gasteiger partial charge on any atom is 0.191 e. The molecule has 0 radical (unpaired) electrons. The number of hydrogen-bond acceptors (Lipinski definition) is 2. The van der Waals surface area contributed by atoms with Gasteiger partial charge < -0.3 is 4.98 Å². The Morgan fingerprint density at radius 1 is 1.11 bits per heavy atom. The average molecular weight is 257 g/mol. The molecule has 0 aliphatic rings. The van der Waals surface area contributed by atoms with Crippen LogP contribution in [0.4, 0.5) is 0 Å². The fraction of sp³-hybridized carbons (Fsp3) is 0. The van der Waals surface area contributed by atoms with Gasteiger partial charge in [0, 0.05) is 17.3 Å². The Morgan fingerprint density at radius 2 is 1.89 bits per heavy atom. The molecule has 0 amide bonds. The molecule has 0 saturated carbocycles. The third kappa shape index (κ3) is 1.89. The number of fused-ring (bicyclic) bond motifs is 1. The van der Waals surface area contributed by atoms with Crippen molar-refractivity contribution < 1.29 is 0 Å². The van der Waals surface area contributed by atoms with Crippen LogP contribution in [0.3, 0.4) is 0 Å². The van der Waals surface area contributed by atoms with Crippen LogP contribution in [0.1, 0.15) is 0 Å². The van der Waals surface area contributed by atoms with Crippen molar-refractivity contribution in [2.75, 3.05) is 0 Å². The van der Waals surface area contributed by atoms with E-state index in [4.69, 9.17) is 11.6 Å². The molecule has 0 unspecified atom stereocenters. The van der Waals surface area contributed by atoms with Gasteiger partial charge in [0.15, 0.2) is 5.43 Å². The highest BCUT2D eigenvalue weighted by atomic mass is 35.5.